The highest BCUT2D eigenvalue weighted by Crippen LogP contribution is 2.32. The molecule has 0 radical (unpaired) electrons. The molecule has 0 aliphatic carbocycles. The van der Waals surface area contributed by atoms with Gasteiger partial charge in [0.25, 0.3) is 0 Å². The topological polar surface area (TPSA) is 118 Å². The maximum absolute atomic E-state index is 12.7. The summed E-state index contributed by atoms with van der Waals surface area (Å²) in [5, 5.41) is 5.24. The van der Waals surface area contributed by atoms with Crippen LogP contribution in [-0.2, 0) is 16.2 Å². The van der Waals surface area contributed by atoms with Crippen LogP contribution in [0.3, 0.4) is 0 Å². The Hall–Kier alpha value is -3.66. The zero-order chi connectivity index (χ0) is 25.9. The third-order valence-corrected chi connectivity index (χ3v) is 5.58. The molecule has 188 valence electrons. The van der Waals surface area contributed by atoms with Crippen LogP contribution in [0.2, 0.25) is 0 Å². The predicted molar refractivity (Wildman–Crippen MR) is 112 cm³/mol. The second-order valence-corrected chi connectivity index (χ2v) is 8.60. The van der Waals surface area contributed by atoms with Gasteiger partial charge in [-0.2, -0.15) is 31.3 Å². The molecule has 2 heterocycles. The molecule has 3 N–H and O–H groups in total. The van der Waals surface area contributed by atoms with Gasteiger partial charge in [0, 0.05) is 12.4 Å². The lowest BCUT2D eigenvalue weighted by molar-refractivity contribution is -0.153. The molecule has 0 fully saturated rings. The number of sulfonamides is 1. The lowest BCUT2D eigenvalue weighted by Crippen LogP contribution is -2.20. The van der Waals surface area contributed by atoms with Gasteiger partial charge in [-0.1, -0.05) is 0 Å². The summed E-state index contributed by atoms with van der Waals surface area (Å²) in [6.07, 6.45) is -7.34. The minimum atomic E-state index is -4.65. The molecule has 0 saturated heterocycles. The van der Waals surface area contributed by atoms with Crippen molar-refractivity contribution in [3.05, 3.63) is 54.4 Å². The summed E-state index contributed by atoms with van der Waals surface area (Å²) in [5.74, 6) is -0.410. The normalized spacial score (nSPS) is 12.3. The van der Waals surface area contributed by atoms with Crippen molar-refractivity contribution < 1.29 is 39.5 Å². The predicted octanol–water partition coefficient (Wildman–Crippen LogP) is 4.23. The molecule has 0 amide bonds. The number of benzene rings is 1. The van der Waals surface area contributed by atoms with Crippen LogP contribution in [0.25, 0.3) is 0 Å². The summed E-state index contributed by atoms with van der Waals surface area (Å²) < 4.78 is 107. The van der Waals surface area contributed by atoms with E-state index in [9.17, 15) is 34.8 Å². The number of anilines is 4. The molecule has 0 spiro atoms. The molecule has 0 aliphatic heterocycles. The summed E-state index contributed by atoms with van der Waals surface area (Å²) in [5.41, 5.74) is -1.13. The summed E-state index contributed by atoms with van der Waals surface area (Å²) >= 11 is 0. The Morgan fingerprint density at radius 3 is 2.29 bits per heavy atom. The van der Waals surface area contributed by atoms with E-state index in [1.54, 1.807) is 0 Å². The lowest BCUT2D eigenvalue weighted by Gasteiger charge is -2.15. The van der Waals surface area contributed by atoms with Crippen LogP contribution in [0.4, 0.5) is 49.6 Å². The van der Waals surface area contributed by atoms with Gasteiger partial charge < -0.3 is 15.4 Å². The molecule has 1 aromatic carbocycles. The van der Waals surface area contributed by atoms with Crippen LogP contribution in [0.1, 0.15) is 5.56 Å². The highest BCUT2D eigenvalue weighted by atomic mass is 32.2. The molecule has 16 heteroatoms. The standard InChI is InChI=1S/C19H16F6N6O3S/c1-26-35(32,33)12-3-4-14(34-10-18(20,21)22)13(8-12)29-17-27-7-6-16(31-17)30-15-5-2-11(9-28-15)19(23,24)25/h2-9,26H,10H2,1H3,(H2,27,28,29,30,31). The minimum Gasteiger partial charge on any atom is -0.482 e. The lowest BCUT2D eigenvalue weighted by atomic mass is 10.3. The Morgan fingerprint density at radius 1 is 0.943 bits per heavy atom. The number of alkyl halides is 6. The van der Waals surface area contributed by atoms with Crippen molar-refractivity contribution in [2.24, 2.45) is 0 Å². The maximum Gasteiger partial charge on any atom is 0.422 e. The van der Waals surface area contributed by atoms with Gasteiger partial charge >= 0.3 is 12.4 Å². The van der Waals surface area contributed by atoms with E-state index in [4.69, 9.17) is 4.74 Å². The van der Waals surface area contributed by atoms with Crippen LogP contribution < -0.4 is 20.1 Å². The van der Waals surface area contributed by atoms with Gasteiger partial charge in [-0.05, 0) is 43.4 Å². The first-order chi connectivity index (χ1) is 16.3. The monoisotopic (exact) mass is 522 g/mol. The number of nitrogens with one attached hydrogen (secondary N) is 3. The van der Waals surface area contributed by atoms with Gasteiger partial charge in [-0.15, -0.1) is 0 Å². The SMILES string of the molecule is CNS(=O)(=O)c1ccc(OCC(F)(F)F)c(Nc2nccc(Nc3ccc(C(F)(F)F)cn3)n2)c1. The quantitative estimate of drug-likeness (QED) is 0.377. The molecule has 9 nitrogen and oxygen atoms in total. The highest BCUT2D eigenvalue weighted by Gasteiger charge is 2.31. The zero-order valence-electron chi connectivity index (χ0n) is 17.6. The van der Waals surface area contributed by atoms with Gasteiger partial charge in [0.05, 0.1) is 16.1 Å². The Bertz CT molecular complexity index is 1280. The van der Waals surface area contributed by atoms with Crippen LogP contribution in [0, 0.1) is 0 Å². The molecule has 0 aliphatic rings. The van der Waals surface area contributed by atoms with E-state index < -0.39 is 34.5 Å². The van der Waals surface area contributed by atoms with Gasteiger partial charge in [0.15, 0.2) is 6.61 Å². The summed E-state index contributed by atoms with van der Waals surface area (Å²) in [6, 6.07) is 6.36. The molecule has 0 bridgehead atoms. The second kappa shape index (κ2) is 9.91. The second-order valence-electron chi connectivity index (χ2n) is 6.71. The molecule has 0 unspecified atom stereocenters. The van der Waals surface area contributed by atoms with Gasteiger partial charge in [0.1, 0.15) is 17.4 Å². The average Bonchev–Trinajstić information content (AvgIpc) is 2.77. The first-order valence-electron chi connectivity index (χ1n) is 9.44. The largest absolute Gasteiger partial charge is 0.482 e. The Morgan fingerprint density at radius 2 is 1.69 bits per heavy atom. The van der Waals surface area contributed by atoms with Crippen molar-refractivity contribution in [3.8, 4) is 5.75 Å². The molecular weight excluding hydrogens is 506 g/mol. The molecule has 0 saturated carbocycles. The molecule has 3 aromatic rings. The molecule has 35 heavy (non-hydrogen) atoms. The Kier molecular flexibility index (Phi) is 7.35. The number of pyridine rings is 1. The van der Waals surface area contributed by atoms with E-state index in [1.165, 1.54) is 12.3 Å². The Labute approximate surface area is 194 Å². The van der Waals surface area contributed by atoms with E-state index in [1.807, 2.05) is 0 Å². The van der Waals surface area contributed by atoms with E-state index >= 15 is 0 Å². The van der Waals surface area contributed by atoms with E-state index in [2.05, 4.69) is 30.3 Å². The summed E-state index contributed by atoms with van der Waals surface area (Å²) in [7, 11) is -2.79. The number of aromatic nitrogens is 3. The fourth-order valence-corrected chi connectivity index (χ4v) is 3.31. The third kappa shape index (κ3) is 7.16. The molecule has 0 atom stereocenters. The van der Waals surface area contributed by atoms with Crippen LogP contribution in [0.15, 0.2) is 53.7 Å². The van der Waals surface area contributed by atoms with Crippen LogP contribution in [-0.4, -0.2) is 43.2 Å². The maximum atomic E-state index is 12.7. The molecule has 2 aromatic heterocycles. The van der Waals surface area contributed by atoms with Crippen LogP contribution in [0.5, 0.6) is 5.75 Å². The van der Waals surface area contributed by atoms with Crippen molar-refractivity contribution in [1.29, 1.82) is 0 Å². The number of halogens is 6. The number of nitrogens with zero attached hydrogens (tertiary/aromatic N) is 3. The minimum absolute atomic E-state index is 0.0268. The van der Waals surface area contributed by atoms with Gasteiger partial charge in [0.2, 0.25) is 16.0 Å². The highest BCUT2D eigenvalue weighted by molar-refractivity contribution is 7.89. The fourth-order valence-electron chi connectivity index (χ4n) is 2.55. The van der Waals surface area contributed by atoms with Gasteiger partial charge in [-0.25, -0.2) is 23.1 Å². The third-order valence-electron chi connectivity index (χ3n) is 4.17. The number of ether oxygens (including phenoxy) is 1. The number of hydrogen-bond acceptors (Lipinski definition) is 8. The first kappa shape index (κ1) is 26.0. The number of rotatable bonds is 8. The number of hydrogen-bond donors (Lipinski definition) is 3. The van der Waals surface area contributed by atoms with Crippen molar-refractivity contribution >= 4 is 33.3 Å². The van der Waals surface area contributed by atoms with E-state index in [-0.39, 0.29) is 33.9 Å². The van der Waals surface area contributed by atoms with Crippen LogP contribution >= 0.6 is 0 Å². The summed E-state index contributed by atoms with van der Waals surface area (Å²) in [6.45, 7) is -1.64. The van der Waals surface area contributed by atoms with Crippen molar-refractivity contribution in [2.45, 2.75) is 17.2 Å². The summed E-state index contributed by atoms with van der Waals surface area (Å²) in [4.78, 5) is 11.3. The zero-order valence-corrected chi connectivity index (χ0v) is 18.4. The van der Waals surface area contributed by atoms with Gasteiger partial charge in [-0.3, -0.25) is 0 Å². The van der Waals surface area contributed by atoms with Crippen molar-refractivity contribution in [3.63, 3.8) is 0 Å². The molecule has 3 rings (SSSR count). The fraction of sp³-hybridized carbons (Fsp3) is 0.211. The smallest absolute Gasteiger partial charge is 0.422 e. The van der Waals surface area contributed by atoms with E-state index in [0.29, 0.717) is 6.20 Å². The van der Waals surface area contributed by atoms with E-state index in [0.717, 1.165) is 37.4 Å². The Balaban J connectivity index is 1.87. The van der Waals surface area contributed by atoms with Crippen molar-refractivity contribution in [1.82, 2.24) is 19.7 Å². The van der Waals surface area contributed by atoms with Crippen molar-refractivity contribution in [2.75, 3.05) is 24.3 Å². The molecular formula is C19H16F6N6O3S. The first-order valence-corrected chi connectivity index (χ1v) is 10.9. The average molecular weight is 522 g/mol.